The number of pyridine rings is 1. The van der Waals surface area contributed by atoms with Crippen LogP contribution in [0.4, 0.5) is 5.82 Å². The van der Waals surface area contributed by atoms with Crippen LogP contribution in [-0.4, -0.2) is 43.1 Å². The van der Waals surface area contributed by atoms with E-state index in [-0.39, 0.29) is 6.04 Å². The van der Waals surface area contributed by atoms with Crippen molar-refractivity contribution in [2.24, 2.45) is 5.73 Å². The first kappa shape index (κ1) is 12.3. The number of hydrogen-bond donors (Lipinski definition) is 1. The predicted molar refractivity (Wildman–Crippen MR) is 71.2 cm³/mol. The summed E-state index contributed by atoms with van der Waals surface area (Å²) in [6.07, 6.45) is 3.10. The monoisotopic (exact) mass is 234 g/mol. The molecule has 2 heterocycles. The van der Waals surface area contributed by atoms with E-state index < -0.39 is 0 Å². The van der Waals surface area contributed by atoms with E-state index in [2.05, 4.69) is 34.0 Å². The van der Waals surface area contributed by atoms with Crippen molar-refractivity contribution in [1.29, 1.82) is 0 Å². The third kappa shape index (κ3) is 3.17. The maximum absolute atomic E-state index is 5.83. The Kier molecular flexibility index (Phi) is 3.97. The number of rotatable bonds is 2. The van der Waals surface area contributed by atoms with Crippen LogP contribution < -0.4 is 10.6 Å². The van der Waals surface area contributed by atoms with E-state index in [1.165, 1.54) is 13.0 Å². The Morgan fingerprint density at radius 3 is 2.71 bits per heavy atom. The van der Waals surface area contributed by atoms with Gasteiger partial charge in [0.2, 0.25) is 0 Å². The van der Waals surface area contributed by atoms with Crippen molar-refractivity contribution in [3.05, 3.63) is 23.9 Å². The number of likely N-dealkylation sites (N-methyl/N-ethyl adjacent to an activating group) is 1. The molecular weight excluding hydrogens is 212 g/mol. The largest absolute Gasteiger partial charge is 0.355 e. The number of anilines is 1. The zero-order chi connectivity index (χ0) is 12.3. The molecule has 1 aromatic rings. The molecule has 0 bridgehead atoms. The average Bonchev–Trinajstić information content (AvgIpc) is 2.54. The number of nitrogens with two attached hydrogens (primary N) is 1. The number of nitrogens with zero attached hydrogens (tertiary/aromatic N) is 3. The van der Waals surface area contributed by atoms with E-state index in [1.807, 2.05) is 13.1 Å². The van der Waals surface area contributed by atoms with Gasteiger partial charge in [-0.05, 0) is 38.6 Å². The Morgan fingerprint density at radius 1 is 1.24 bits per heavy atom. The van der Waals surface area contributed by atoms with Gasteiger partial charge in [-0.1, -0.05) is 6.07 Å². The molecule has 0 amide bonds. The fraction of sp³-hybridized carbons (Fsp3) is 0.615. The lowest BCUT2D eigenvalue weighted by Crippen LogP contribution is -2.29. The van der Waals surface area contributed by atoms with Crippen LogP contribution in [-0.2, 0) is 0 Å². The SMILES string of the molecule is CC(N)c1ccc(N2CCCN(C)CC2)nc1. The normalized spacial score (nSPS) is 20.1. The molecule has 2 rings (SSSR count). The van der Waals surface area contributed by atoms with Crippen molar-refractivity contribution in [2.75, 3.05) is 38.1 Å². The summed E-state index contributed by atoms with van der Waals surface area (Å²) in [5.74, 6) is 1.07. The van der Waals surface area contributed by atoms with Gasteiger partial charge in [-0.15, -0.1) is 0 Å². The molecule has 1 saturated heterocycles. The molecule has 0 spiro atoms. The van der Waals surface area contributed by atoms with Crippen molar-refractivity contribution in [3.8, 4) is 0 Å². The van der Waals surface area contributed by atoms with Crippen LogP contribution >= 0.6 is 0 Å². The molecule has 1 fully saturated rings. The third-order valence-electron chi connectivity index (χ3n) is 3.34. The Morgan fingerprint density at radius 2 is 2.06 bits per heavy atom. The van der Waals surface area contributed by atoms with Crippen LogP contribution in [0.1, 0.15) is 24.9 Å². The first-order valence-electron chi connectivity index (χ1n) is 6.32. The highest BCUT2D eigenvalue weighted by molar-refractivity contribution is 5.40. The maximum Gasteiger partial charge on any atom is 0.128 e. The highest BCUT2D eigenvalue weighted by Gasteiger charge is 2.13. The standard InChI is InChI=1S/C13H22N4/c1-11(14)12-4-5-13(15-10-12)17-7-3-6-16(2)8-9-17/h4-5,10-11H,3,6-9,14H2,1-2H3. The van der Waals surface area contributed by atoms with Crippen molar-refractivity contribution >= 4 is 5.82 Å². The van der Waals surface area contributed by atoms with Crippen LogP contribution in [0.15, 0.2) is 18.3 Å². The lowest BCUT2D eigenvalue weighted by Gasteiger charge is -2.21. The number of aromatic nitrogens is 1. The molecule has 4 nitrogen and oxygen atoms in total. The minimum Gasteiger partial charge on any atom is -0.355 e. The molecular formula is C13H22N4. The van der Waals surface area contributed by atoms with E-state index in [1.54, 1.807) is 0 Å². The summed E-state index contributed by atoms with van der Waals surface area (Å²) in [6.45, 7) is 6.42. The summed E-state index contributed by atoms with van der Waals surface area (Å²) >= 11 is 0. The van der Waals surface area contributed by atoms with Gasteiger partial charge in [0.05, 0.1) is 0 Å². The topological polar surface area (TPSA) is 45.4 Å². The molecule has 17 heavy (non-hydrogen) atoms. The molecule has 4 heteroatoms. The van der Waals surface area contributed by atoms with Crippen LogP contribution in [0, 0.1) is 0 Å². The minimum absolute atomic E-state index is 0.0619. The summed E-state index contributed by atoms with van der Waals surface area (Å²) in [5.41, 5.74) is 6.92. The van der Waals surface area contributed by atoms with Crippen molar-refractivity contribution in [2.45, 2.75) is 19.4 Å². The molecule has 0 saturated carbocycles. The highest BCUT2D eigenvalue weighted by Crippen LogP contribution is 2.16. The van der Waals surface area contributed by atoms with Gasteiger partial charge in [-0.2, -0.15) is 0 Å². The molecule has 1 aliphatic rings. The molecule has 1 unspecified atom stereocenters. The van der Waals surface area contributed by atoms with E-state index in [4.69, 9.17) is 5.73 Å². The van der Waals surface area contributed by atoms with Gasteiger partial charge in [0, 0.05) is 31.9 Å². The average molecular weight is 234 g/mol. The quantitative estimate of drug-likeness (QED) is 0.836. The molecule has 0 radical (unpaired) electrons. The summed E-state index contributed by atoms with van der Waals surface area (Å²) in [5, 5.41) is 0. The smallest absolute Gasteiger partial charge is 0.128 e. The zero-order valence-corrected chi connectivity index (χ0v) is 10.8. The first-order chi connectivity index (χ1) is 8.16. The Hall–Kier alpha value is -1.13. The van der Waals surface area contributed by atoms with E-state index >= 15 is 0 Å². The van der Waals surface area contributed by atoms with Gasteiger partial charge in [0.15, 0.2) is 0 Å². The Balaban J connectivity index is 2.06. The third-order valence-corrected chi connectivity index (χ3v) is 3.34. The van der Waals surface area contributed by atoms with Gasteiger partial charge in [0.25, 0.3) is 0 Å². The van der Waals surface area contributed by atoms with Crippen molar-refractivity contribution in [1.82, 2.24) is 9.88 Å². The van der Waals surface area contributed by atoms with E-state index in [0.717, 1.165) is 31.0 Å². The molecule has 94 valence electrons. The molecule has 0 aromatic carbocycles. The molecule has 1 atom stereocenters. The van der Waals surface area contributed by atoms with Crippen LogP contribution in [0.25, 0.3) is 0 Å². The second kappa shape index (κ2) is 5.47. The highest BCUT2D eigenvalue weighted by atomic mass is 15.2. The molecule has 0 aliphatic carbocycles. The Bertz CT molecular complexity index is 347. The van der Waals surface area contributed by atoms with Crippen LogP contribution in [0.3, 0.4) is 0 Å². The van der Waals surface area contributed by atoms with Gasteiger partial charge in [-0.3, -0.25) is 0 Å². The second-order valence-electron chi connectivity index (χ2n) is 4.88. The van der Waals surface area contributed by atoms with E-state index in [9.17, 15) is 0 Å². The summed E-state index contributed by atoms with van der Waals surface area (Å²) in [7, 11) is 2.18. The van der Waals surface area contributed by atoms with Crippen LogP contribution in [0.5, 0.6) is 0 Å². The summed E-state index contributed by atoms with van der Waals surface area (Å²) in [6, 6.07) is 4.23. The minimum atomic E-state index is 0.0619. The fourth-order valence-electron chi connectivity index (χ4n) is 2.13. The summed E-state index contributed by atoms with van der Waals surface area (Å²) < 4.78 is 0. The maximum atomic E-state index is 5.83. The molecule has 2 N–H and O–H groups in total. The van der Waals surface area contributed by atoms with Gasteiger partial charge in [-0.25, -0.2) is 4.98 Å². The second-order valence-corrected chi connectivity index (χ2v) is 4.88. The van der Waals surface area contributed by atoms with Crippen molar-refractivity contribution < 1.29 is 0 Å². The number of hydrogen-bond acceptors (Lipinski definition) is 4. The van der Waals surface area contributed by atoms with Gasteiger partial charge < -0.3 is 15.5 Å². The first-order valence-corrected chi connectivity index (χ1v) is 6.32. The predicted octanol–water partition coefficient (Wildman–Crippen LogP) is 1.24. The molecule has 1 aliphatic heterocycles. The van der Waals surface area contributed by atoms with Crippen molar-refractivity contribution in [3.63, 3.8) is 0 Å². The van der Waals surface area contributed by atoms with Gasteiger partial charge >= 0.3 is 0 Å². The van der Waals surface area contributed by atoms with Crippen LogP contribution in [0.2, 0.25) is 0 Å². The fourth-order valence-corrected chi connectivity index (χ4v) is 2.13. The Labute approximate surface area is 103 Å². The molecule has 1 aromatic heterocycles. The lowest BCUT2D eigenvalue weighted by molar-refractivity contribution is 0.360. The van der Waals surface area contributed by atoms with E-state index in [0.29, 0.717) is 0 Å². The lowest BCUT2D eigenvalue weighted by atomic mass is 10.1. The van der Waals surface area contributed by atoms with Gasteiger partial charge in [0.1, 0.15) is 5.82 Å². The zero-order valence-electron chi connectivity index (χ0n) is 10.8. The summed E-state index contributed by atoms with van der Waals surface area (Å²) in [4.78, 5) is 9.24.